The molecule has 1 amide bonds. The molecule has 1 aliphatic heterocycles. The minimum Gasteiger partial charge on any atom is -0.356 e. The molecule has 1 saturated heterocycles. The van der Waals surface area contributed by atoms with Crippen LogP contribution in [0.4, 0.5) is 0 Å². The average Bonchev–Trinajstić information content (AvgIpc) is 3.16. The zero-order valence-electron chi connectivity index (χ0n) is 17.2. The average molecular weight is 402 g/mol. The summed E-state index contributed by atoms with van der Waals surface area (Å²) in [5.74, 6) is 1.58. The summed E-state index contributed by atoms with van der Waals surface area (Å²) in [7, 11) is 4.06. The molecule has 0 saturated carbocycles. The molecule has 0 spiro atoms. The molecule has 1 atom stereocenters. The molecule has 1 rings (SSSR count). The molecule has 0 aromatic heterocycles. The quantitative estimate of drug-likeness (QED) is 0.190. The Balaban J connectivity index is 1.72. The van der Waals surface area contributed by atoms with E-state index in [9.17, 15) is 4.79 Å². The third-order valence-corrected chi connectivity index (χ3v) is 8.27. The van der Waals surface area contributed by atoms with Crippen molar-refractivity contribution in [3.8, 4) is 0 Å². The molecule has 1 heterocycles. The largest absolute Gasteiger partial charge is 0.356 e. The summed E-state index contributed by atoms with van der Waals surface area (Å²) in [6.07, 6.45) is 22.1. The molecule has 1 aliphatic rings. The summed E-state index contributed by atoms with van der Waals surface area (Å²) >= 11 is 0. The number of carbonyl (C=O) groups excluding carboxylic acids is 1. The maximum absolute atomic E-state index is 11.8. The van der Waals surface area contributed by atoms with Crippen molar-refractivity contribution in [3.63, 3.8) is 0 Å². The molecular formula is C22H43NOS2. The topological polar surface area (TPSA) is 29.1 Å². The highest BCUT2D eigenvalue weighted by Gasteiger charge is 2.15. The Kier molecular flexibility index (Phi) is 17.3. The van der Waals surface area contributed by atoms with Gasteiger partial charge in [0, 0.05) is 24.0 Å². The smallest absolute Gasteiger partial charge is 0.219 e. The lowest BCUT2D eigenvalue weighted by Crippen LogP contribution is -2.24. The number of rotatable bonds is 18. The van der Waals surface area contributed by atoms with Crippen LogP contribution < -0.4 is 5.32 Å². The van der Waals surface area contributed by atoms with Gasteiger partial charge in [0.15, 0.2) is 0 Å². The third-order valence-electron chi connectivity index (χ3n) is 5.26. The van der Waals surface area contributed by atoms with Crippen molar-refractivity contribution in [2.45, 2.75) is 121 Å². The lowest BCUT2D eigenvalue weighted by Gasteiger charge is -2.07. The van der Waals surface area contributed by atoms with E-state index < -0.39 is 0 Å². The SMILES string of the molecule is CCCCCCCCCCCCCCNC(=O)CCCCC1CCSS1. The van der Waals surface area contributed by atoms with Gasteiger partial charge in [-0.15, -0.1) is 0 Å². The van der Waals surface area contributed by atoms with E-state index in [2.05, 4.69) is 12.2 Å². The predicted molar refractivity (Wildman–Crippen MR) is 121 cm³/mol. The molecular weight excluding hydrogens is 358 g/mol. The van der Waals surface area contributed by atoms with Crippen molar-refractivity contribution in [2.75, 3.05) is 12.3 Å². The maximum atomic E-state index is 11.8. The molecule has 1 unspecified atom stereocenters. The molecule has 1 N–H and O–H groups in total. The van der Waals surface area contributed by atoms with Gasteiger partial charge >= 0.3 is 0 Å². The molecule has 2 nitrogen and oxygen atoms in total. The second kappa shape index (κ2) is 18.5. The molecule has 0 aliphatic carbocycles. The minimum absolute atomic E-state index is 0.265. The van der Waals surface area contributed by atoms with Gasteiger partial charge in [-0.1, -0.05) is 106 Å². The van der Waals surface area contributed by atoms with Crippen LogP contribution in [0.15, 0.2) is 0 Å². The van der Waals surface area contributed by atoms with Gasteiger partial charge in [0.05, 0.1) is 0 Å². The van der Waals surface area contributed by atoms with E-state index in [-0.39, 0.29) is 5.91 Å². The van der Waals surface area contributed by atoms with Crippen LogP contribution in [0.25, 0.3) is 0 Å². The van der Waals surface area contributed by atoms with Crippen LogP contribution in [0.2, 0.25) is 0 Å². The summed E-state index contributed by atoms with van der Waals surface area (Å²) in [6.45, 7) is 3.16. The van der Waals surface area contributed by atoms with Gasteiger partial charge in [0.2, 0.25) is 5.91 Å². The normalized spacial score (nSPS) is 16.9. The number of hydrogen-bond donors (Lipinski definition) is 1. The highest BCUT2D eigenvalue weighted by Crippen LogP contribution is 2.39. The van der Waals surface area contributed by atoms with Gasteiger partial charge in [0.25, 0.3) is 0 Å². The first-order valence-electron chi connectivity index (χ1n) is 11.4. The first-order chi connectivity index (χ1) is 12.8. The predicted octanol–water partition coefficient (Wildman–Crippen LogP) is 7.52. The monoisotopic (exact) mass is 401 g/mol. The molecule has 0 bridgehead atoms. The van der Waals surface area contributed by atoms with Crippen LogP contribution in [-0.2, 0) is 4.79 Å². The summed E-state index contributed by atoms with van der Waals surface area (Å²) in [4.78, 5) is 11.8. The van der Waals surface area contributed by atoms with E-state index in [0.717, 1.165) is 31.1 Å². The second-order valence-corrected chi connectivity index (χ2v) is 10.6. The van der Waals surface area contributed by atoms with Gasteiger partial charge in [-0.3, -0.25) is 4.79 Å². The zero-order valence-corrected chi connectivity index (χ0v) is 18.9. The molecule has 4 heteroatoms. The van der Waals surface area contributed by atoms with Gasteiger partial charge in [0.1, 0.15) is 0 Å². The van der Waals surface area contributed by atoms with Crippen LogP contribution in [0, 0.1) is 0 Å². The van der Waals surface area contributed by atoms with Crippen molar-refractivity contribution in [2.24, 2.45) is 0 Å². The molecule has 154 valence electrons. The Hall–Kier alpha value is 0.170. The fourth-order valence-corrected chi connectivity index (χ4v) is 6.53. The highest BCUT2D eigenvalue weighted by atomic mass is 33.1. The third kappa shape index (κ3) is 15.2. The fourth-order valence-electron chi connectivity index (χ4n) is 3.50. The molecule has 0 radical (unpaired) electrons. The Morgan fingerprint density at radius 2 is 1.46 bits per heavy atom. The first-order valence-corrected chi connectivity index (χ1v) is 13.8. The fraction of sp³-hybridized carbons (Fsp3) is 0.955. The van der Waals surface area contributed by atoms with E-state index in [0.29, 0.717) is 0 Å². The molecule has 0 aromatic carbocycles. The van der Waals surface area contributed by atoms with Crippen molar-refractivity contribution >= 4 is 27.5 Å². The zero-order chi connectivity index (χ0) is 18.7. The number of nitrogens with one attached hydrogen (secondary N) is 1. The highest BCUT2D eigenvalue weighted by molar-refractivity contribution is 8.77. The van der Waals surface area contributed by atoms with E-state index in [4.69, 9.17) is 0 Å². The van der Waals surface area contributed by atoms with E-state index >= 15 is 0 Å². The Morgan fingerprint density at radius 3 is 2.04 bits per heavy atom. The van der Waals surface area contributed by atoms with Crippen molar-refractivity contribution in [3.05, 3.63) is 0 Å². The van der Waals surface area contributed by atoms with Crippen LogP contribution in [0.1, 0.15) is 116 Å². The second-order valence-electron chi connectivity index (χ2n) is 7.81. The van der Waals surface area contributed by atoms with Gasteiger partial charge in [-0.25, -0.2) is 0 Å². The Morgan fingerprint density at radius 1 is 0.846 bits per heavy atom. The van der Waals surface area contributed by atoms with E-state index in [1.165, 1.54) is 95.6 Å². The van der Waals surface area contributed by atoms with Gasteiger partial charge in [-0.05, 0) is 25.7 Å². The van der Waals surface area contributed by atoms with Gasteiger partial charge < -0.3 is 5.32 Å². The Labute approximate surface area is 171 Å². The summed E-state index contributed by atoms with van der Waals surface area (Å²) in [5.41, 5.74) is 0. The molecule has 1 fully saturated rings. The van der Waals surface area contributed by atoms with Crippen molar-refractivity contribution in [1.29, 1.82) is 0 Å². The Bertz CT molecular complexity index is 319. The van der Waals surface area contributed by atoms with Crippen molar-refractivity contribution in [1.82, 2.24) is 5.32 Å². The first kappa shape index (κ1) is 24.2. The standard InChI is InChI=1S/C22H43NOS2/c1-2-3-4-5-6-7-8-9-10-11-12-15-19-23-22(24)17-14-13-16-21-18-20-25-26-21/h21H,2-20H2,1H3,(H,23,24). The number of carbonyl (C=O) groups is 1. The lowest BCUT2D eigenvalue weighted by atomic mass is 10.1. The number of amides is 1. The minimum atomic E-state index is 0.265. The van der Waals surface area contributed by atoms with E-state index in [1.807, 2.05) is 21.6 Å². The lowest BCUT2D eigenvalue weighted by molar-refractivity contribution is -0.121. The number of unbranched alkanes of at least 4 members (excludes halogenated alkanes) is 12. The van der Waals surface area contributed by atoms with Crippen molar-refractivity contribution < 1.29 is 4.79 Å². The molecule has 26 heavy (non-hydrogen) atoms. The molecule has 0 aromatic rings. The van der Waals surface area contributed by atoms with Gasteiger partial charge in [-0.2, -0.15) is 0 Å². The summed E-state index contributed by atoms with van der Waals surface area (Å²) in [6, 6.07) is 0. The van der Waals surface area contributed by atoms with Crippen LogP contribution in [0.3, 0.4) is 0 Å². The van der Waals surface area contributed by atoms with E-state index in [1.54, 1.807) is 0 Å². The maximum Gasteiger partial charge on any atom is 0.219 e. The van der Waals surface area contributed by atoms with Crippen LogP contribution in [-0.4, -0.2) is 23.5 Å². The van der Waals surface area contributed by atoms with Crippen LogP contribution in [0.5, 0.6) is 0 Å². The summed E-state index contributed by atoms with van der Waals surface area (Å²) in [5, 5.41) is 3.95. The summed E-state index contributed by atoms with van der Waals surface area (Å²) < 4.78 is 0. The number of hydrogen-bond acceptors (Lipinski definition) is 3. The van der Waals surface area contributed by atoms with Crippen LogP contribution >= 0.6 is 21.6 Å².